The molecule has 1 N–H and O–H groups in total. The van der Waals surface area contributed by atoms with Gasteiger partial charge in [0.2, 0.25) is 5.89 Å². The van der Waals surface area contributed by atoms with Crippen LogP contribution in [0, 0.1) is 0 Å². The highest BCUT2D eigenvalue weighted by Gasteiger charge is 2.15. The second-order valence-corrected chi connectivity index (χ2v) is 3.92. The van der Waals surface area contributed by atoms with E-state index in [4.69, 9.17) is 4.52 Å². The Morgan fingerprint density at radius 1 is 1.27 bits per heavy atom. The van der Waals surface area contributed by atoms with E-state index in [-0.39, 0.29) is 0 Å². The Bertz CT molecular complexity index is 291. The van der Waals surface area contributed by atoms with Gasteiger partial charge in [-0.1, -0.05) is 12.8 Å². The van der Waals surface area contributed by atoms with Crippen molar-refractivity contribution in [2.75, 3.05) is 25.0 Å². The summed E-state index contributed by atoms with van der Waals surface area (Å²) in [6, 6.07) is 0. The fraction of sp³-hybridized carbons (Fsp3) is 0.800. The molecule has 1 fully saturated rings. The van der Waals surface area contributed by atoms with Crippen LogP contribution in [0.25, 0.3) is 0 Å². The van der Waals surface area contributed by atoms with E-state index in [0.29, 0.717) is 12.4 Å². The molecule has 0 radical (unpaired) electrons. The molecule has 1 aliphatic rings. The van der Waals surface area contributed by atoms with Crippen molar-refractivity contribution >= 4 is 5.95 Å². The minimum atomic E-state index is 0.640. The van der Waals surface area contributed by atoms with Gasteiger partial charge >= 0.3 is 0 Å². The number of nitrogens with zero attached hydrogens (tertiary/aromatic N) is 3. The van der Waals surface area contributed by atoms with Gasteiger partial charge < -0.3 is 14.7 Å². The first-order valence-corrected chi connectivity index (χ1v) is 5.62. The Morgan fingerprint density at radius 2 is 2.00 bits per heavy atom. The topological polar surface area (TPSA) is 54.2 Å². The SMILES string of the molecule is CNCc1nc(N2CCCCCC2)no1. The van der Waals surface area contributed by atoms with Crippen molar-refractivity contribution in [2.24, 2.45) is 0 Å². The van der Waals surface area contributed by atoms with E-state index in [1.54, 1.807) is 0 Å². The van der Waals surface area contributed by atoms with Gasteiger partial charge in [0.1, 0.15) is 0 Å². The summed E-state index contributed by atoms with van der Waals surface area (Å²) in [4.78, 5) is 6.57. The Balaban J connectivity index is 2.00. The van der Waals surface area contributed by atoms with Gasteiger partial charge in [-0.05, 0) is 25.0 Å². The largest absolute Gasteiger partial charge is 0.338 e. The van der Waals surface area contributed by atoms with Crippen molar-refractivity contribution in [2.45, 2.75) is 32.2 Å². The molecular weight excluding hydrogens is 192 g/mol. The van der Waals surface area contributed by atoms with Crippen molar-refractivity contribution in [1.29, 1.82) is 0 Å². The Labute approximate surface area is 89.8 Å². The van der Waals surface area contributed by atoms with Crippen LogP contribution in [0.3, 0.4) is 0 Å². The summed E-state index contributed by atoms with van der Waals surface area (Å²) in [5, 5.41) is 7.00. The Kier molecular flexibility index (Phi) is 3.55. The van der Waals surface area contributed by atoms with Gasteiger partial charge in [-0.3, -0.25) is 0 Å². The van der Waals surface area contributed by atoms with E-state index < -0.39 is 0 Å². The summed E-state index contributed by atoms with van der Waals surface area (Å²) in [6.45, 7) is 2.75. The first-order valence-electron chi connectivity index (χ1n) is 5.62. The van der Waals surface area contributed by atoms with E-state index in [2.05, 4.69) is 20.4 Å². The lowest BCUT2D eigenvalue weighted by Crippen LogP contribution is -2.25. The molecular formula is C10H18N4O. The second-order valence-electron chi connectivity index (χ2n) is 3.92. The molecule has 0 bridgehead atoms. The van der Waals surface area contributed by atoms with Crippen LogP contribution in [-0.2, 0) is 6.54 Å². The number of hydrogen-bond acceptors (Lipinski definition) is 5. The fourth-order valence-electron chi connectivity index (χ4n) is 1.87. The molecule has 0 amide bonds. The summed E-state index contributed by atoms with van der Waals surface area (Å²) in [6.07, 6.45) is 5.10. The van der Waals surface area contributed by atoms with Gasteiger partial charge in [-0.2, -0.15) is 4.98 Å². The number of hydrogen-bond donors (Lipinski definition) is 1. The molecule has 2 heterocycles. The zero-order chi connectivity index (χ0) is 10.5. The van der Waals surface area contributed by atoms with Crippen LogP contribution in [-0.4, -0.2) is 30.3 Å². The highest BCUT2D eigenvalue weighted by Crippen LogP contribution is 2.15. The number of nitrogens with one attached hydrogen (secondary N) is 1. The van der Waals surface area contributed by atoms with Crippen molar-refractivity contribution in [3.05, 3.63) is 5.89 Å². The Morgan fingerprint density at radius 3 is 2.67 bits per heavy atom. The average molecular weight is 210 g/mol. The summed E-state index contributed by atoms with van der Waals surface area (Å²) in [7, 11) is 1.87. The fourth-order valence-corrected chi connectivity index (χ4v) is 1.87. The molecule has 0 spiro atoms. The number of aromatic nitrogens is 2. The zero-order valence-corrected chi connectivity index (χ0v) is 9.20. The second kappa shape index (κ2) is 5.11. The molecule has 1 aromatic heterocycles. The highest BCUT2D eigenvalue weighted by atomic mass is 16.5. The van der Waals surface area contributed by atoms with Gasteiger partial charge in [0.05, 0.1) is 6.54 Å². The lowest BCUT2D eigenvalue weighted by Gasteiger charge is -2.16. The molecule has 0 unspecified atom stereocenters. The predicted molar refractivity (Wildman–Crippen MR) is 57.7 cm³/mol. The van der Waals surface area contributed by atoms with Gasteiger partial charge in [-0.15, -0.1) is 0 Å². The van der Waals surface area contributed by atoms with Gasteiger partial charge in [-0.25, -0.2) is 0 Å². The number of anilines is 1. The molecule has 0 aromatic carbocycles. The van der Waals surface area contributed by atoms with E-state index in [0.717, 1.165) is 19.0 Å². The molecule has 0 saturated carbocycles. The first kappa shape index (κ1) is 10.4. The smallest absolute Gasteiger partial charge is 0.266 e. The maximum Gasteiger partial charge on any atom is 0.266 e. The molecule has 15 heavy (non-hydrogen) atoms. The maximum absolute atomic E-state index is 5.13. The van der Waals surface area contributed by atoms with Gasteiger partial charge in [0.25, 0.3) is 5.95 Å². The summed E-state index contributed by atoms with van der Waals surface area (Å²) in [5.74, 6) is 1.42. The molecule has 0 aliphatic carbocycles. The van der Waals surface area contributed by atoms with Crippen molar-refractivity contribution < 1.29 is 4.52 Å². The lowest BCUT2D eigenvalue weighted by atomic mass is 10.2. The molecule has 5 heteroatoms. The van der Waals surface area contributed by atoms with Crippen LogP contribution in [0.2, 0.25) is 0 Å². The molecule has 0 atom stereocenters. The van der Waals surface area contributed by atoms with Gasteiger partial charge in [0.15, 0.2) is 0 Å². The van der Waals surface area contributed by atoms with E-state index in [1.165, 1.54) is 25.7 Å². The molecule has 1 aliphatic heterocycles. The van der Waals surface area contributed by atoms with Crippen LogP contribution in [0.15, 0.2) is 4.52 Å². The minimum Gasteiger partial charge on any atom is -0.338 e. The van der Waals surface area contributed by atoms with Crippen molar-refractivity contribution in [3.63, 3.8) is 0 Å². The van der Waals surface area contributed by atoms with Crippen LogP contribution in [0.4, 0.5) is 5.95 Å². The van der Waals surface area contributed by atoms with Crippen LogP contribution >= 0.6 is 0 Å². The van der Waals surface area contributed by atoms with Crippen molar-refractivity contribution in [1.82, 2.24) is 15.5 Å². The quantitative estimate of drug-likeness (QED) is 0.811. The van der Waals surface area contributed by atoms with E-state index >= 15 is 0 Å². The first-order chi connectivity index (χ1) is 7.40. The van der Waals surface area contributed by atoms with Crippen LogP contribution in [0.5, 0.6) is 0 Å². The van der Waals surface area contributed by atoms with E-state index in [1.807, 2.05) is 7.05 Å². The summed E-state index contributed by atoms with van der Waals surface area (Å²) < 4.78 is 5.13. The standard InChI is InChI=1S/C10H18N4O/c1-11-8-9-12-10(13-15-9)14-6-4-2-3-5-7-14/h11H,2-8H2,1H3. The highest BCUT2D eigenvalue weighted by molar-refractivity contribution is 5.27. The van der Waals surface area contributed by atoms with Crippen LogP contribution < -0.4 is 10.2 Å². The van der Waals surface area contributed by atoms with Crippen molar-refractivity contribution in [3.8, 4) is 0 Å². The zero-order valence-electron chi connectivity index (χ0n) is 9.20. The normalized spacial score (nSPS) is 17.8. The average Bonchev–Trinajstić information content (AvgIpc) is 2.53. The maximum atomic E-state index is 5.13. The monoisotopic (exact) mass is 210 g/mol. The summed E-state index contributed by atoms with van der Waals surface area (Å²) in [5.41, 5.74) is 0. The Hall–Kier alpha value is -1.10. The van der Waals surface area contributed by atoms with Gasteiger partial charge in [0, 0.05) is 13.1 Å². The molecule has 1 aromatic rings. The third-order valence-corrected chi connectivity index (χ3v) is 2.67. The van der Waals surface area contributed by atoms with E-state index in [9.17, 15) is 0 Å². The third kappa shape index (κ3) is 2.68. The third-order valence-electron chi connectivity index (χ3n) is 2.67. The number of rotatable bonds is 3. The summed E-state index contributed by atoms with van der Waals surface area (Å²) >= 11 is 0. The lowest BCUT2D eigenvalue weighted by molar-refractivity contribution is 0.371. The molecule has 5 nitrogen and oxygen atoms in total. The van der Waals surface area contributed by atoms with Crippen LogP contribution in [0.1, 0.15) is 31.6 Å². The molecule has 84 valence electrons. The minimum absolute atomic E-state index is 0.640. The molecule has 2 rings (SSSR count). The predicted octanol–water partition coefficient (Wildman–Crippen LogP) is 1.17. The molecule has 1 saturated heterocycles.